The lowest BCUT2D eigenvalue weighted by Crippen LogP contribution is -2.09. The van der Waals surface area contributed by atoms with E-state index >= 15 is 0 Å². The highest BCUT2D eigenvalue weighted by Crippen LogP contribution is 2.27. The number of ether oxygens (including phenoxy) is 1. The normalized spacial score (nSPS) is 11.1. The van der Waals surface area contributed by atoms with Crippen LogP contribution < -0.4 is 4.74 Å². The number of rotatable bonds is 6. The second-order valence-electron chi connectivity index (χ2n) is 3.40. The average Bonchev–Trinajstić information content (AvgIpc) is 2.30. The highest BCUT2D eigenvalue weighted by atomic mass is 79.9. The topological polar surface area (TPSA) is 26.3 Å². The van der Waals surface area contributed by atoms with Crippen molar-refractivity contribution in [3.05, 3.63) is 29.3 Å². The van der Waals surface area contributed by atoms with Crippen LogP contribution in [0.3, 0.4) is 0 Å². The number of Topliss-reactive ketones (excluding diaryl/α,β-unsaturated/α-hetero) is 1. The molecule has 18 heavy (non-hydrogen) atoms. The van der Waals surface area contributed by atoms with Gasteiger partial charge in [-0.3, -0.25) is 4.79 Å². The summed E-state index contributed by atoms with van der Waals surface area (Å²) >= 11 is 2.91. The predicted octanol–water partition coefficient (Wildman–Crippen LogP) is 3.73. The van der Waals surface area contributed by atoms with Crippen LogP contribution in [0.1, 0.15) is 17.6 Å². The van der Waals surface area contributed by atoms with Gasteiger partial charge in [0.1, 0.15) is 11.5 Å². The lowest BCUT2D eigenvalue weighted by Gasteiger charge is -2.11. The molecule has 0 aromatic heterocycles. The largest absolute Gasteiger partial charge is 0.435 e. The zero-order chi connectivity index (χ0) is 13.7. The van der Waals surface area contributed by atoms with E-state index in [4.69, 9.17) is 0 Å². The Balaban J connectivity index is 3.05. The zero-order valence-electron chi connectivity index (χ0n) is 9.01. The maximum Gasteiger partial charge on any atom is 0.387 e. The molecule has 1 aromatic carbocycles. The minimum atomic E-state index is -3.07. The monoisotopic (exact) mass is 328 g/mol. The van der Waals surface area contributed by atoms with Crippen molar-refractivity contribution in [1.82, 2.24) is 0 Å². The summed E-state index contributed by atoms with van der Waals surface area (Å²) in [5, 5.41) is 0.0139. The van der Waals surface area contributed by atoms with Crippen molar-refractivity contribution in [2.75, 3.05) is 5.33 Å². The third-order valence-electron chi connectivity index (χ3n) is 2.09. The summed E-state index contributed by atoms with van der Waals surface area (Å²) in [6, 6.07) is 3.01. The van der Waals surface area contributed by atoms with Gasteiger partial charge < -0.3 is 4.74 Å². The van der Waals surface area contributed by atoms with Crippen LogP contribution in [0.5, 0.6) is 5.75 Å². The maximum atomic E-state index is 12.5. The molecule has 1 rings (SSSR count). The summed E-state index contributed by atoms with van der Waals surface area (Å²) < 4.78 is 53.4. The first-order valence-electron chi connectivity index (χ1n) is 4.87. The van der Waals surface area contributed by atoms with E-state index in [2.05, 4.69) is 20.7 Å². The summed E-state index contributed by atoms with van der Waals surface area (Å²) in [6.45, 7) is -3.07. The van der Waals surface area contributed by atoms with E-state index in [1.165, 1.54) is 0 Å². The fourth-order valence-electron chi connectivity index (χ4n) is 1.34. The number of benzene rings is 1. The maximum absolute atomic E-state index is 12.5. The van der Waals surface area contributed by atoms with Crippen molar-refractivity contribution in [2.24, 2.45) is 0 Å². The Morgan fingerprint density at radius 1 is 1.28 bits per heavy atom. The van der Waals surface area contributed by atoms with Crippen LogP contribution in [-0.4, -0.2) is 17.7 Å². The van der Waals surface area contributed by atoms with E-state index in [1.807, 2.05) is 0 Å². The van der Waals surface area contributed by atoms with Crippen LogP contribution in [0.4, 0.5) is 17.6 Å². The molecule has 0 bridgehead atoms. The third kappa shape index (κ3) is 4.29. The number of hydrogen-bond acceptors (Lipinski definition) is 2. The number of carbonyl (C=O) groups excluding carboxylic acids is 1. The molecule has 0 spiro atoms. The van der Waals surface area contributed by atoms with Gasteiger partial charge >= 0.3 is 6.61 Å². The Labute approximate surface area is 109 Å². The summed E-state index contributed by atoms with van der Waals surface area (Å²) in [5.74, 6) is -0.579. The molecule has 1 aromatic rings. The molecule has 0 heterocycles. The van der Waals surface area contributed by atoms with Gasteiger partial charge in [0.25, 0.3) is 6.43 Å². The van der Waals surface area contributed by atoms with Crippen LogP contribution in [0, 0.1) is 0 Å². The van der Waals surface area contributed by atoms with Crippen molar-refractivity contribution < 1.29 is 27.1 Å². The SMILES string of the molecule is O=C(CBr)Cc1cc(C(F)F)ccc1OC(F)F. The van der Waals surface area contributed by atoms with Gasteiger partial charge in [0.2, 0.25) is 0 Å². The van der Waals surface area contributed by atoms with Gasteiger partial charge in [-0.25, -0.2) is 8.78 Å². The number of halogens is 5. The predicted molar refractivity (Wildman–Crippen MR) is 60.5 cm³/mol. The minimum absolute atomic E-state index is 0.0139. The van der Waals surface area contributed by atoms with Crippen LogP contribution >= 0.6 is 15.9 Å². The third-order valence-corrected chi connectivity index (χ3v) is 2.71. The highest BCUT2D eigenvalue weighted by molar-refractivity contribution is 9.09. The first kappa shape index (κ1) is 14.9. The molecule has 0 aliphatic carbocycles. The van der Waals surface area contributed by atoms with Gasteiger partial charge in [0.15, 0.2) is 0 Å². The van der Waals surface area contributed by atoms with Crippen molar-refractivity contribution in [3.8, 4) is 5.75 Å². The van der Waals surface area contributed by atoms with Crippen molar-refractivity contribution >= 4 is 21.7 Å². The van der Waals surface area contributed by atoms with Crippen molar-refractivity contribution in [3.63, 3.8) is 0 Å². The Hall–Kier alpha value is -1.11. The fraction of sp³-hybridized carbons (Fsp3) is 0.364. The summed E-state index contributed by atoms with van der Waals surface area (Å²) in [7, 11) is 0. The number of carbonyl (C=O) groups is 1. The molecular formula is C11H9BrF4O2. The van der Waals surface area contributed by atoms with Gasteiger partial charge in [-0.15, -0.1) is 0 Å². The molecule has 0 amide bonds. The molecule has 0 radical (unpaired) electrons. The lowest BCUT2D eigenvalue weighted by atomic mass is 10.1. The van der Waals surface area contributed by atoms with Gasteiger partial charge in [0, 0.05) is 17.5 Å². The summed E-state index contributed by atoms with van der Waals surface area (Å²) in [4.78, 5) is 11.2. The van der Waals surface area contributed by atoms with Crippen LogP contribution in [0.2, 0.25) is 0 Å². The first-order valence-corrected chi connectivity index (χ1v) is 5.99. The molecule has 100 valence electrons. The molecule has 0 saturated carbocycles. The van der Waals surface area contributed by atoms with Crippen molar-refractivity contribution in [1.29, 1.82) is 0 Å². The number of alkyl halides is 5. The smallest absolute Gasteiger partial charge is 0.387 e. The van der Waals surface area contributed by atoms with E-state index in [0.717, 1.165) is 18.2 Å². The summed E-state index contributed by atoms with van der Waals surface area (Å²) in [6.07, 6.45) is -2.98. The van der Waals surface area contributed by atoms with Crippen molar-refractivity contribution in [2.45, 2.75) is 19.5 Å². The van der Waals surface area contributed by atoms with Crippen LogP contribution in [0.25, 0.3) is 0 Å². The quantitative estimate of drug-likeness (QED) is 0.587. The Kier molecular flexibility index (Phi) is 5.58. The average molecular weight is 329 g/mol. The molecule has 0 saturated heterocycles. The van der Waals surface area contributed by atoms with E-state index in [1.54, 1.807) is 0 Å². The van der Waals surface area contributed by atoms with E-state index in [0.29, 0.717) is 0 Å². The molecule has 0 fully saturated rings. The van der Waals surface area contributed by atoms with Crippen LogP contribution in [-0.2, 0) is 11.2 Å². The highest BCUT2D eigenvalue weighted by Gasteiger charge is 2.16. The van der Waals surface area contributed by atoms with E-state index < -0.39 is 13.0 Å². The first-order chi connectivity index (χ1) is 8.43. The lowest BCUT2D eigenvalue weighted by molar-refractivity contribution is -0.116. The number of hydrogen-bond donors (Lipinski definition) is 0. The van der Waals surface area contributed by atoms with Gasteiger partial charge in [-0.1, -0.05) is 15.9 Å². The second-order valence-corrected chi connectivity index (χ2v) is 3.96. The molecular weight excluding hydrogens is 320 g/mol. The van der Waals surface area contributed by atoms with Crippen LogP contribution in [0.15, 0.2) is 18.2 Å². The molecule has 2 nitrogen and oxygen atoms in total. The van der Waals surface area contributed by atoms with E-state index in [-0.39, 0.29) is 34.4 Å². The Morgan fingerprint density at radius 3 is 2.44 bits per heavy atom. The Morgan fingerprint density at radius 2 is 1.94 bits per heavy atom. The molecule has 0 N–H and O–H groups in total. The van der Waals surface area contributed by atoms with Gasteiger partial charge in [0.05, 0.1) is 5.33 Å². The molecule has 0 unspecified atom stereocenters. The number of ketones is 1. The molecule has 0 aliphatic rings. The molecule has 0 atom stereocenters. The molecule has 7 heteroatoms. The summed E-state index contributed by atoms with van der Waals surface area (Å²) in [5.41, 5.74) is -0.313. The minimum Gasteiger partial charge on any atom is -0.435 e. The van der Waals surface area contributed by atoms with E-state index in [9.17, 15) is 22.4 Å². The standard InChI is InChI=1S/C11H9BrF4O2/c12-5-8(17)4-7-3-6(10(13)14)1-2-9(7)18-11(15)16/h1-3,10-11H,4-5H2. The Bertz CT molecular complexity index is 424. The van der Waals surface area contributed by atoms with Gasteiger partial charge in [-0.05, 0) is 18.2 Å². The molecule has 0 aliphatic heterocycles. The zero-order valence-corrected chi connectivity index (χ0v) is 10.6. The fourth-order valence-corrected chi connectivity index (χ4v) is 1.54. The van der Waals surface area contributed by atoms with Gasteiger partial charge in [-0.2, -0.15) is 8.78 Å². The second kappa shape index (κ2) is 6.72.